The molecule has 0 aromatic rings. The molecule has 4 unspecified atom stereocenters. The summed E-state index contributed by atoms with van der Waals surface area (Å²) in [6, 6.07) is 0. The van der Waals surface area contributed by atoms with E-state index >= 15 is 0 Å². The van der Waals surface area contributed by atoms with Crippen molar-refractivity contribution >= 4 is 0 Å². The van der Waals surface area contributed by atoms with Gasteiger partial charge in [0.2, 0.25) is 0 Å². The number of rotatable bonds is 1. The van der Waals surface area contributed by atoms with Gasteiger partial charge >= 0.3 is 0 Å². The molecule has 80 valence electrons. The Morgan fingerprint density at radius 2 is 1.64 bits per heavy atom. The Balaban J connectivity index is 2.78. The van der Waals surface area contributed by atoms with Crippen molar-refractivity contribution in [2.24, 2.45) is 23.7 Å². The minimum absolute atomic E-state index is 0.553. The summed E-state index contributed by atoms with van der Waals surface area (Å²) in [6.45, 7) is 11.4. The van der Waals surface area contributed by atoms with E-state index in [0.29, 0.717) is 11.8 Å². The van der Waals surface area contributed by atoms with Gasteiger partial charge in [-0.25, -0.2) is 0 Å². The lowest BCUT2D eigenvalue weighted by atomic mass is 9.73. The standard InChI is InChI=1S/C14H23/c1-10(2)14-9-7-11(3)6-8-12(4)13(14)5/h11-14H,7,9H2,1-5H3/q-1. The van der Waals surface area contributed by atoms with Crippen molar-refractivity contribution in [2.75, 3.05) is 0 Å². The molecule has 0 nitrogen and oxygen atoms in total. The zero-order chi connectivity index (χ0) is 10.7. The normalized spacial score (nSPS) is 38.4. The Morgan fingerprint density at radius 1 is 1.00 bits per heavy atom. The first-order valence-corrected chi connectivity index (χ1v) is 5.83. The minimum atomic E-state index is 0.553. The first-order chi connectivity index (χ1) is 6.52. The highest BCUT2D eigenvalue weighted by molar-refractivity contribution is 5.10. The summed E-state index contributed by atoms with van der Waals surface area (Å²) in [4.78, 5) is 0. The lowest BCUT2D eigenvalue weighted by molar-refractivity contribution is 0.283. The van der Waals surface area contributed by atoms with Crippen molar-refractivity contribution in [3.63, 3.8) is 0 Å². The van der Waals surface area contributed by atoms with E-state index in [1.807, 2.05) is 0 Å². The van der Waals surface area contributed by atoms with Crippen LogP contribution in [0, 0.1) is 41.4 Å². The molecular formula is C14H23-. The Labute approximate surface area is 89.5 Å². The van der Waals surface area contributed by atoms with E-state index in [4.69, 9.17) is 0 Å². The average Bonchev–Trinajstić information content (AvgIpc) is 2.12. The molecule has 0 aliphatic heterocycles. The summed E-state index contributed by atoms with van der Waals surface area (Å²) >= 11 is 0. The quantitative estimate of drug-likeness (QED) is 0.435. The Morgan fingerprint density at radius 3 is 2.21 bits per heavy atom. The van der Waals surface area contributed by atoms with Gasteiger partial charge in [0.1, 0.15) is 0 Å². The van der Waals surface area contributed by atoms with Gasteiger partial charge in [0, 0.05) is 11.8 Å². The summed E-state index contributed by atoms with van der Waals surface area (Å²) in [6.07, 6.45) is 2.59. The largest absolute Gasteiger partial charge is 0.316 e. The highest BCUT2D eigenvalue weighted by atomic mass is 14.3. The minimum Gasteiger partial charge on any atom is -0.316 e. The zero-order valence-electron chi connectivity index (χ0n) is 10.2. The van der Waals surface area contributed by atoms with Crippen LogP contribution < -0.4 is 0 Å². The van der Waals surface area contributed by atoms with Gasteiger partial charge < -0.3 is 5.92 Å². The van der Waals surface area contributed by atoms with E-state index in [1.54, 1.807) is 5.92 Å². The van der Waals surface area contributed by atoms with Gasteiger partial charge in [-0.3, -0.25) is 0 Å². The van der Waals surface area contributed by atoms with E-state index < -0.39 is 0 Å². The molecule has 0 saturated carbocycles. The van der Waals surface area contributed by atoms with Crippen molar-refractivity contribution in [2.45, 2.75) is 47.5 Å². The number of hydrogen-bond donors (Lipinski definition) is 0. The van der Waals surface area contributed by atoms with Crippen molar-refractivity contribution < 1.29 is 0 Å². The predicted octanol–water partition coefficient (Wildman–Crippen LogP) is 3.92. The third-order valence-corrected chi connectivity index (χ3v) is 3.63. The highest BCUT2D eigenvalue weighted by Crippen LogP contribution is 2.34. The topological polar surface area (TPSA) is 0 Å². The van der Waals surface area contributed by atoms with Crippen LogP contribution in [-0.4, -0.2) is 0 Å². The van der Waals surface area contributed by atoms with Crippen molar-refractivity contribution in [1.82, 2.24) is 0 Å². The second-order valence-electron chi connectivity index (χ2n) is 5.10. The molecule has 0 heterocycles. The molecule has 0 saturated heterocycles. The lowest BCUT2D eigenvalue weighted by Gasteiger charge is -2.40. The highest BCUT2D eigenvalue weighted by Gasteiger charge is 2.19. The molecule has 1 aliphatic rings. The molecule has 0 bridgehead atoms. The Hall–Kier alpha value is -0.440. The third kappa shape index (κ3) is 2.77. The van der Waals surface area contributed by atoms with Crippen molar-refractivity contribution in [1.29, 1.82) is 0 Å². The fourth-order valence-electron chi connectivity index (χ4n) is 2.33. The maximum atomic E-state index is 3.41. The second-order valence-corrected chi connectivity index (χ2v) is 5.10. The summed E-state index contributed by atoms with van der Waals surface area (Å²) in [5.41, 5.74) is 0. The van der Waals surface area contributed by atoms with Gasteiger partial charge in [0.25, 0.3) is 0 Å². The van der Waals surface area contributed by atoms with E-state index in [9.17, 15) is 0 Å². The van der Waals surface area contributed by atoms with Crippen LogP contribution in [0.5, 0.6) is 0 Å². The van der Waals surface area contributed by atoms with Crippen LogP contribution in [0.4, 0.5) is 0 Å². The van der Waals surface area contributed by atoms with E-state index in [2.05, 4.69) is 46.5 Å². The predicted molar refractivity (Wildman–Crippen MR) is 62.6 cm³/mol. The molecule has 1 aliphatic carbocycles. The van der Waals surface area contributed by atoms with E-state index in [0.717, 1.165) is 11.8 Å². The summed E-state index contributed by atoms with van der Waals surface area (Å²) in [5, 5.41) is 0. The Bertz CT molecular complexity index is 228. The number of hydrogen-bond acceptors (Lipinski definition) is 0. The maximum absolute atomic E-state index is 3.41. The molecule has 0 amide bonds. The van der Waals surface area contributed by atoms with Gasteiger partial charge in [-0.1, -0.05) is 45.0 Å². The molecule has 0 radical (unpaired) electrons. The van der Waals surface area contributed by atoms with Crippen molar-refractivity contribution in [3.8, 4) is 11.8 Å². The fourth-order valence-corrected chi connectivity index (χ4v) is 2.33. The lowest BCUT2D eigenvalue weighted by Crippen LogP contribution is -2.23. The van der Waals surface area contributed by atoms with Gasteiger partial charge in [0.05, 0.1) is 0 Å². The monoisotopic (exact) mass is 191 g/mol. The van der Waals surface area contributed by atoms with Crippen LogP contribution in [0.3, 0.4) is 0 Å². The fraction of sp³-hybridized carbons (Fsp3) is 0.786. The van der Waals surface area contributed by atoms with Crippen LogP contribution in [0.2, 0.25) is 0 Å². The third-order valence-electron chi connectivity index (χ3n) is 3.63. The average molecular weight is 191 g/mol. The smallest absolute Gasteiger partial charge is 0.0178 e. The van der Waals surface area contributed by atoms with E-state index in [1.165, 1.54) is 12.8 Å². The van der Waals surface area contributed by atoms with Gasteiger partial charge in [-0.05, 0) is 6.42 Å². The summed E-state index contributed by atoms with van der Waals surface area (Å²) < 4.78 is 0. The van der Waals surface area contributed by atoms with Gasteiger partial charge in [0.15, 0.2) is 0 Å². The molecule has 0 aromatic carbocycles. The summed E-state index contributed by atoms with van der Waals surface area (Å²) in [5.74, 6) is 11.0. The van der Waals surface area contributed by atoms with E-state index in [-0.39, 0.29) is 0 Å². The van der Waals surface area contributed by atoms with Crippen LogP contribution in [0.15, 0.2) is 0 Å². The van der Waals surface area contributed by atoms with Crippen LogP contribution in [0.25, 0.3) is 0 Å². The van der Waals surface area contributed by atoms with Crippen LogP contribution in [0.1, 0.15) is 47.5 Å². The maximum Gasteiger partial charge on any atom is 0.0178 e. The zero-order valence-corrected chi connectivity index (χ0v) is 10.2. The molecule has 0 N–H and O–H groups in total. The Kier molecular flexibility index (Phi) is 4.05. The molecular weight excluding hydrogens is 168 g/mol. The molecule has 4 atom stereocenters. The second kappa shape index (κ2) is 4.87. The van der Waals surface area contributed by atoms with Crippen LogP contribution in [-0.2, 0) is 0 Å². The molecule has 14 heavy (non-hydrogen) atoms. The summed E-state index contributed by atoms with van der Waals surface area (Å²) in [7, 11) is 0. The van der Waals surface area contributed by atoms with Crippen molar-refractivity contribution in [3.05, 3.63) is 5.92 Å². The molecule has 0 spiro atoms. The first kappa shape index (κ1) is 11.6. The molecule has 0 heteroatoms. The SMILES string of the molecule is C[C-](C)C1CCC(C)C#CC(C)C1C. The molecule has 1 rings (SSSR count). The van der Waals surface area contributed by atoms with Gasteiger partial charge in [-0.15, -0.1) is 0 Å². The van der Waals surface area contributed by atoms with Gasteiger partial charge in [-0.2, -0.15) is 19.8 Å². The molecule has 0 aromatic heterocycles. The van der Waals surface area contributed by atoms with Crippen LogP contribution >= 0.6 is 0 Å². The first-order valence-electron chi connectivity index (χ1n) is 5.83. The molecule has 0 fully saturated rings.